The number of nitrogens with two attached hydrogens (primary N) is 2. The zero-order valence-corrected chi connectivity index (χ0v) is 11.1. The monoisotopic (exact) mass is 244 g/mol. The molecule has 0 amide bonds. The van der Waals surface area contributed by atoms with Crippen LogP contribution in [0.5, 0.6) is 0 Å². The minimum Gasteiger partial charge on any atom is -0.398 e. The summed E-state index contributed by atoms with van der Waals surface area (Å²) in [5, 5.41) is 0. The van der Waals surface area contributed by atoms with Crippen molar-refractivity contribution in [3.8, 4) is 0 Å². The molecule has 0 bridgehead atoms. The molecule has 18 heavy (non-hydrogen) atoms. The maximum Gasteiger partial charge on any atom is 0.0349 e. The molecule has 0 saturated heterocycles. The summed E-state index contributed by atoms with van der Waals surface area (Å²) in [7, 11) is 0. The van der Waals surface area contributed by atoms with Crippen LogP contribution in [0.3, 0.4) is 0 Å². The van der Waals surface area contributed by atoms with Crippen molar-refractivity contribution in [3.63, 3.8) is 0 Å². The van der Waals surface area contributed by atoms with Crippen molar-refractivity contribution >= 4 is 5.69 Å². The lowest BCUT2D eigenvalue weighted by atomic mass is 9.81. The summed E-state index contributed by atoms with van der Waals surface area (Å²) >= 11 is 0. The Hall–Kier alpha value is -1.28. The zero-order valence-electron chi connectivity index (χ0n) is 11.1. The second-order valence-corrected chi connectivity index (χ2v) is 5.44. The third-order valence-corrected chi connectivity index (χ3v) is 4.04. The molecule has 4 N–H and O–H groups in total. The van der Waals surface area contributed by atoms with Gasteiger partial charge < -0.3 is 11.5 Å². The van der Waals surface area contributed by atoms with Crippen LogP contribution in [-0.4, -0.2) is 6.04 Å². The summed E-state index contributed by atoms with van der Waals surface area (Å²) in [5.41, 5.74) is 15.6. The first kappa shape index (κ1) is 13.2. The maximum absolute atomic E-state index is 6.21. The summed E-state index contributed by atoms with van der Waals surface area (Å²) < 4.78 is 0. The van der Waals surface area contributed by atoms with Gasteiger partial charge in [-0.3, -0.25) is 0 Å². The van der Waals surface area contributed by atoms with Crippen molar-refractivity contribution in [1.82, 2.24) is 0 Å². The molecule has 2 rings (SSSR count). The first-order valence-corrected chi connectivity index (χ1v) is 6.94. The Morgan fingerprint density at radius 3 is 2.78 bits per heavy atom. The summed E-state index contributed by atoms with van der Waals surface area (Å²) in [6.07, 6.45) is 8.90. The molecule has 98 valence electrons. The smallest absolute Gasteiger partial charge is 0.0349 e. The molecule has 1 aromatic rings. The largest absolute Gasteiger partial charge is 0.398 e. The van der Waals surface area contributed by atoms with E-state index < -0.39 is 0 Å². The highest BCUT2D eigenvalue weighted by Gasteiger charge is 2.21. The van der Waals surface area contributed by atoms with Crippen LogP contribution in [0.4, 0.5) is 5.69 Å². The van der Waals surface area contributed by atoms with Crippen molar-refractivity contribution in [2.24, 2.45) is 11.7 Å². The van der Waals surface area contributed by atoms with E-state index in [0.717, 1.165) is 18.5 Å². The molecule has 2 unspecified atom stereocenters. The number of hydrogen-bond donors (Lipinski definition) is 2. The number of anilines is 1. The molecule has 1 aromatic carbocycles. The predicted octanol–water partition coefficient (Wildman–Crippen LogP) is 3.06. The number of benzene rings is 1. The van der Waals surface area contributed by atoms with Crippen LogP contribution in [0, 0.1) is 5.92 Å². The normalized spacial score (nSPS) is 23.8. The topological polar surface area (TPSA) is 52.0 Å². The fourth-order valence-corrected chi connectivity index (χ4v) is 2.91. The molecular weight excluding hydrogens is 220 g/mol. The third kappa shape index (κ3) is 3.14. The first-order valence-electron chi connectivity index (χ1n) is 6.94. The van der Waals surface area contributed by atoms with Gasteiger partial charge in [0.15, 0.2) is 0 Å². The lowest BCUT2D eigenvalue weighted by Gasteiger charge is -2.28. The lowest BCUT2D eigenvalue weighted by Crippen LogP contribution is -2.34. The van der Waals surface area contributed by atoms with Crippen molar-refractivity contribution < 1.29 is 0 Å². The Bertz CT molecular complexity index is 412. The van der Waals surface area contributed by atoms with Gasteiger partial charge in [0.1, 0.15) is 0 Å². The first-order chi connectivity index (χ1) is 8.70. The fraction of sp³-hybridized carbons (Fsp3) is 0.500. The van der Waals surface area contributed by atoms with Gasteiger partial charge in [-0.25, -0.2) is 0 Å². The molecular formula is C16H24N2. The molecule has 0 spiro atoms. The average molecular weight is 244 g/mol. The second kappa shape index (κ2) is 6.05. The van der Waals surface area contributed by atoms with Crippen LogP contribution in [0.15, 0.2) is 30.9 Å². The third-order valence-electron chi connectivity index (χ3n) is 4.04. The van der Waals surface area contributed by atoms with Crippen molar-refractivity contribution in [2.45, 2.75) is 44.6 Å². The van der Waals surface area contributed by atoms with Gasteiger partial charge in [0, 0.05) is 11.7 Å². The van der Waals surface area contributed by atoms with Gasteiger partial charge in [-0.2, -0.15) is 0 Å². The molecule has 0 aliphatic heterocycles. The van der Waals surface area contributed by atoms with Crippen LogP contribution in [0.2, 0.25) is 0 Å². The van der Waals surface area contributed by atoms with Gasteiger partial charge in [0.25, 0.3) is 0 Å². The number of allylic oxidation sites excluding steroid dienone is 1. The van der Waals surface area contributed by atoms with E-state index in [4.69, 9.17) is 11.5 Å². The fourth-order valence-electron chi connectivity index (χ4n) is 2.91. The van der Waals surface area contributed by atoms with E-state index in [1.54, 1.807) is 0 Å². The van der Waals surface area contributed by atoms with E-state index in [0.29, 0.717) is 12.0 Å². The molecule has 1 aliphatic carbocycles. The van der Waals surface area contributed by atoms with E-state index >= 15 is 0 Å². The molecule has 0 radical (unpaired) electrons. The second-order valence-electron chi connectivity index (χ2n) is 5.44. The minimum atomic E-state index is 0.374. The molecule has 1 saturated carbocycles. The predicted molar refractivity (Wildman–Crippen MR) is 78.4 cm³/mol. The van der Waals surface area contributed by atoms with Gasteiger partial charge in [0.05, 0.1) is 0 Å². The Kier molecular flexibility index (Phi) is 4.43. The minimum absolute atomic E-state index is 0.374. The zero-order chi connectivity index (χ0) is 13.0. The Labute approximate surface area is 110 Å². The molecule has 1 fully saturated rings. The van der Waals surface area contributed by atoms with Crippen LogP contribution in [0.25, 0.3) is 0 Å². The van der Waals surface area contributed by atoms with Crippen LogP contribution < -0.4 is 11.5 Å². The van der Waals surface area contributed by atoms with E-state index in [1.165, 1.54) is 36.8 Å². The van der Waals surface area contributed by atoms with Crippen LogP contribution >= 0.6 is 0 Å². The standard InChI is InChI=1S/C16H24N2/c1-2-5-13-10-12(8-9-16(13)18)11-14-6-3-4-7-15(14)17/h2,8-10,14-15H,1,3-7,11,17-18H2. The van der Waals surface area contributed by atoms with Gasteiger partial charge in [-0.1, -0.05) is 31.1 Å². The molecule has 2 heteroatoms. The highest BCUT2D eigenvalue weighted by Crippen LogP contribution is 2.27. The summed E-state index contributed by atoms with van der Waals surface area (Å²) in [6, 6.07) is 6.75. The highest BCUT2D eigenvalue weighted by molar-refractivity contribution is 5.49. The average Bonchev–Trinajstić information content (AvgIpc) is 2.36. The maximum atomic E-state index is 6.21. The van der Waals surface area contributed by atoms with E-state index in [2.05, 4.69) is 18.7 Å². The van der Waals surface area contributed by atoms with Gasteiger partial charge >= 0.3 is 0 Å². The van der Waals surface area contributed by atoms with Crippen molar-refractivity contribution in [2.75, 3.05) is 5.73 Å². The van der Waals surface area contributed by atoms with Crippen LogP contribution in [-0.2, 0) is 12.8 Å². The summed E-state index contributed by atoms with van der Waals surface area (Å²) in [4.78, 5) is 0. The highest BCUT2D eigenvalue weighted by atomic mass is 14.7. The Morgan fingerprint density at radius 2 is 2.06 bits per heavy atom. The summed E-state index contributed by atoms with van der Waals surface area (Å²) in [5.74, 6) is 0.638. The number of rotatable bonds is 4. The molecule has 0 heterocycles. The molecule has 2 nitrogen and oxygen atoms in total. The molecule has 2 atom stereocenters. The van der Waals surface area contributed by atoms with Gasteiger partial charge in [-0.05, 0) is 48.8 Å². The van der Waals surface area contributed by atoms with Gasteiger partial charge in [0.2, 0.25) is 0 Å². The summed E-state index contributed by atoms with van der Waals surface area (Å²) in [6.45, 7) is 3.78. The van der Waals surface area contributed by atoms with E-state index in [1.807, 2.05) is 12.1 Å². The SMILES string of the molecule is C=CCc1cc(CC2CCCCC2N)ccc1N. The number of nitrogen functional groups attached to an aromatic ring is 1. The van der Waals surface area contributed by atoms with Gasteiger partial charge in [-0.15, -0.1) is 6.58 Å². The Balaban J connectivity index is 2.08. The van der Waals surface area contributed by atoms with E-state index in [-0.39, 0.29) is 0 Å². The lowest BCUT2D eigenvalue weighted by molar-refractivity contribution is 0.306. The molecule has 1 aliphatic rings. The Morgan fingerprint density at radius 1 is 1.28 bits per heavy atom. The molecule has 0 aromatic heterocycles. The van der Waals surface area contributed by atoms with Crippen molar-refractivity contribution in [1.29, 1.82) is 0 Å². The van der Waals surface area contributed by atoms with Crippen LogP contribution in [0.1, 0.15) is 36.8 Å². The van der Waals surface area contributed by atoms with Crippen molar-refractivity contribution in [3.05, 3.63) is 42.0 Å². The number of hydrogen-bond acceptors (Lipinski definition) is 2. The van der Waals surface area contributed by atoms with E-state index in [9.17, 15) is 0 Å². The quantitative estimate of drug-likeness (QED) is 0.632.